The minimum Gasteiger partial charge on any atom is -0.497 e. The van der Waals surface area contributed by atoms with E-state index in [1.807, 2.05) is 47.0 Å². The summed E-state index contributed by atoms with van der Waals surface area (Å²) >= 11 is 0. The van der Waals surface area contributed by atoms with Crippen LogP contribution in [-0.2, 0) is 13.3 Å². The van der Waals surface area contributed by atoms with Gasteiger partial charge in [-0.1, -0.05) is 36.4 Å². The van der Waals surface area contributed by atoms with Crippen LogP contribution in [0.5, 0.6) is 17.2 Å². The van der Waals surface area contributed by atoms with Gasteiger partial charge in [-0.25, -0.2) is 22.8 Å². The number of rotatable bonds is 8. The van der Waals surface area contributed by atoms with Crippen molar-refractivity contribution in [1.29, 1.82) is 0 Å². The molecule has 7 rings (SSSR count). The molecule has 44 heavy (non-hydrogen) atoms. The number of aromatic nitrogens is 4. The third kappa shape index (κ3) is 4.82. The zero-order valence-electron chi connectivity index (χ0n) is 23.5. The van der Waals surface area contributed by atoms with Crippen molar-refractivity contribution >= 4 is 21.8 Å². The van der Waals surface area contributed by atoms with Crippen LogP contribution in [0.25, 0.3) is 44.4 Å². The summed E-state index contributed by atoms with van der Waals surface area (Å²) in [7, 11) is 1.61. The molecular formula is C35H25F3N4O2. The van der Waals surface area contributed by atoms with Gasteiger partial charge in [-0.05, 0) is 47.0 Å². The molecule has 0 bridgehead atoms. The van der Waals surface area contributed by atoms with E-state index in [-0.39, 0.29) is 5.75 Å². The van der Waals surface area contributed by atoms with Gasteiger partial charge in [-0.2, -0.15) is 5.10 Å². The Morgan fingerprint density at radius 3 is 2.34 bits per heavy atom. The van der Waals surface area contributed by atoms with Crippen LogP contribution in [0.4, 0.5) is 13.2 Å². The van der Waals surface area contributed by atoms with Gasteiger partial charge in [0.15, 0.2) is 0 Å². The Kier molecular flexibility index (Phi) is 6.98. The zero-order chi connectivity index (χ0) is 30.2. The summed E-state index contributed by atoms with van der Waals surface area (Å²) in [6.45, 7) is -1.49. The van der Waals surface area contributed by atoms with Crippen molar-refractivity contribution in [2.75, 3.05) is 7.11 Å². The third-order valence-corrected chi connectivity index (χ3v) is 7.58. The lowest BCUT2D eigenvalue weighted by molar-refractivity contribution is 0.414. The standard InChI is InChI=1S/C35H25F3N4O2/c1-43-27-11-12-39-34(17-27)42-32-8-3-2-7-30(32)31-10-9-28(16-33(31)42)44-29-14-25(38)13-26(15-29)41-21-24(20-40-41)35-22(18-36)5-4-6-23(35)19-37/h2-17,20-21H,18-19H2,1H3. The second kappa shape index (κ2) is 11.3. The molecule has 0 aliphatic rings. The highest BCUT2D eigenvalue weighted by Crippen LogP contribution is 2.36. The zero-order valence-corrected chi connectivity index (χ0v) is 23.5. The molecule has 0 atom stereocenters. The van der Waals surface area contributed by atoms with Crippen molar-refractivity contribution in [3.63, 3.8) is 0 Å². The summed E-state index contributed by atoms with van der Waals surface area (Å²) in [6.07, 6.45) is 4.83. The van der Waals surface area contributed by atoms with E-state index < -0.39 is 19.2 Å². The number of ether oxygens (including phenoxy) is 2. The van der Waals surface area contributed by atoms with E-state index in [0.717, 1.165) is 21.8 Å². The normalized spacial score (nSPS) is 11.4. The molecule has 0 amide bonds. The van der Waals surface area contributed by atoms with Crippen LogP contribution in [0.3, 0.4) is 0 Å². The molecule has 0 unspecified atom stereocenters. The smallest absolute Gasteiger partial charge is 0.141 e. The Morgan fingerprint density at radius 1 is 0.750 bits per heavy atom. The van der Waals surface area contributed by atoms with Crippen LogP contribution in [-0.4, -0.2) is 26.4 Å². The fraction of sp³-hybridized carbons (Fsp3) is 0.0857. The summed E-state index contributed by atoms with van der Waals surface area (Å²) < 4.78 is 57.4. The first-order valence-electron chi connectivity index (χ1n) is 13.9. The lowest BCUT2D eigenvalue weighted by atomic mass is 9.97. The number of halogens is 3. The van der Waals surface area contributed by atoms with Crippen molar-refractivity contribution in [3.05, 3.63) is 127 Å². The van der Waals surface area contributed by atoms with E-state index in [2.05, 4.69) is 16.1 Å². The molecule has 7 aromatic rings. The van der Waals surface area contributed by atoms with Crippen molar-refractivity contribution in [1.82, 2.24) is 19.3 Å². The second-order valence-corrected chi connectivity index (χ2v) is 10.2. The highest BCUT2D eigenvalue weighted by atomic mass is 19.1. The predicted octanol–water partition coefficient (Wildman–Crippen LogP) is 8.91. The van der Waals surface area contributed by atoms with Crippen molar-refractivity contribution in [2.45, 2.75) is 13.3 Å². The molecule has 218 valence electrons. The molecular weight excluding hydrogens is 565 g/mol. The molecule has 0 radical (unpaired) electrons. The van der Waals surface area contributed by atoms with Gasteiger partial charge in [0.25, 0.3) is 0 Å². The molecule has 0 fully saturated rings. The molecule has 0 aliphatic carbocycles. The summed E-state index contributed by atoms with van der Waals surface area (Å²) in [5, 5.41) is 6.41. The van der Waals surface area contributed by atoms with E-state index in [9.17, 15) is 13.2 Å². The lowest BCUT2D eigenvalue weighted by Gasteiger charge is -2.11. The van der Waals surface area contributed by atoms with Gasteiger partial charge in [-0.3, -0.25) is 4.57 Å². The Bertz CT molecular complexity index is 2130. The van der Waals surface area contributed by atoms with Gasteiger partial charge < -0.3 is 9.47 Å². The number of benzene rings is 4. The first kappa shape index (κ1) is 27.3. The largest absolute Gasteiger partial charge is 0.497 e. The summed E-state index contributed by atoms with van der Waals surface area (Å²) in [4.78, 5) is 4.59. The minimum absolute atomic E-state index is 0.257. The monoisotopic (exact) mass is 590 g/mol. The van der Waals surface area contributed by atoms with E-state index in [0.29, 0.717) is 45.3 Å². The van der Waals surface area contributed by atoms with Crippen molar-refractivity contribution in [2.24, 2.45) is 0 Å². The number of para-hydroxylation sites is 1. The molecule has 0 saturated carbocycles. The topological polar surface area (TPSA) is 54.1 Å². The second-order valence-electron chi connectivity index (χ2n) is 10.2. The highest BCUT2D eigenvalue weighted by Gasteiger charge is 2.16. The Morgan fingerprint density at radius 2 is 1.55 bits per heavy atom. The Labute approximate surface area is 250 Å². The van der Waals surface area contributed by atoms with Gasteiger partial charge in [0.05, 0.1) is 30.0 Å². The van der Waals surface area contributed by atoms with Gasteiger partial charge in [0.2, 0.25) is 0 Å². The molecule has 0 spiro atoms. The molecule has 3 heterocycles. The Balaban J connectivity index is 1.27. The fourth-order valence-electron chi connectivity index (χ4n) is 5.62. The Hall–Kier alpha value is -5.57. The van der Waals surface area contributed by atoms with E-state index in [1.54, 1.807) is 49.8 Å². The maximum absolute atomic E-state index is 14.9. The van der Waals surface area contributed by atoms with Gasteiger partial charge in [0.1, 0.15) is 42.2 Å². The quantitative estimate of drug-likeness (QED) is 0.177. The minimum atomic E-state index is -0.747. The average molecular weight is 591 g/mol. The van der Waals surface area contributed by atoms with Crippen LogP contribution in [0.15, 0.2) is 110 Å². The highest BCUT2D eigenvalue weighted by molar-refractivity contribution is 6.09. The summed E-state index contributed by atoms with van der Waals surface area (Å²) in [6, 6.07) is 26.5. The van der Waals surface area contributed by atoms with E-state index in [4.69, 9.17) is 9.47 Å². The van der Waals surface area contributed by atoms with Gasteiger partial charge >= 0.3 is 0 Å². The number of nitrogens with zero attached hydrogens (tertiary/aromatic N) is 4. The molecule has 3 aromatic heterocycles. The number of hydrogen-bond donors (Lipinski definition) is 0. The molecule has 0 N–H and O–H groups in total. The van der Waals surface area contributed by atoms with Crippen LogP contribution in [0, 0.1) is 5.82 Å². The van der Waals surface area contributed by atoms with Crippen LogP contribution >= 0.6 is 0 Å². The molecule has 4 aromatic carbocycles. The van der Waals surface area contributed by atoms with Gasteiger partial charge in [0, 0.05) is 53.0 Å². The number of hydrogen-bond acceptors (Lipinski definition) is 4. The van der Waals surface area contributed by atoms with Crippen molar-refractivity contribution in [3.8, 4) is 39.9 Å². The van der Waals surface area contributed by atoms with Crippen LogP contribution in [0.2, 0.25) is 0 Å². The summed E-state index contributed by atoms with van der Waals surface area (Å²) in [5.74, 6) is 1.58. The number of fused-ring (bicyclic) bond motifs is 3. The van der Waals surface area contributed by atoms with Crippen LogP contribution in [0.1, 0.15) is 11.1 Å². The van der Waals surface area contributed by atoms with E-state index in [1.165, 1.54) is 23.0 Å². The SMILES string of the molecule is COc1ccnc(-n2c3ccccc3c3ccc(Oc4cc(F)cc(-n5cc(-c6c(CF)cccc6CF)cn5)c4)cc32)c1. The molecule has 6 nitrogen and oxygen atoms in total. The first-order chi connectivity index (χ1) is 21.6. The number of alkyl halides is 2. The summed E-state index contributed by atoms with van der Waals surface area (Å²) in [5.41, 5.74) is 3.91. The number of methoxy groups -OCH3 is 1. The van der Waals surface area contributed by atoms with E-state index >= 15 is 0 Å². The lowest BCUT2D eigenvalue weighted by Crippen LogP contribution is -1.98. The maximum atomic E-state index is 14.9. The van der Waals surface area contributed by atoms with Gasteiger partial charge in [-0.15, -0.1) is 0 Å². The molecule has 9 heteroatoms. The maximum Gasteiger partial charge on any atom is 0.141 e. The third-order valence-electron chi connectivity index (χ3n) is 7.58. The fourth-order valence-corrected chi connectivity index (χ4v) is 5.62. The van der Waals surface area contributed by atoms with Crippen molar-refractivity contribution < 1.29 is 22.6 Å². The average Bonchev–Trinajstić information content (AvgIpc) is 3.67. The van der Waals surface area contributed by atoms with Crippen LogP contribution < -0.4 is 9.47 Å². The molecule has 0 saturated heterocycles. The number of pyridine rings is 1. The first-order valence-corrected chi connectivity index (χ1v) is 13.9. The predicted molar refractivity (Wildman–Crippen MR) is 164 cm³/mol. The molecule has 0 aliphatic heterocycles.